The Balaban J connectivity index is 2.49. The zero-order chi connectivity index (χ0) is 15.0. The number of aryl methyl sites for hydroxylation is 2. The van der Waals surface area contributed by atoms with E-state index in [9.17, 15) is 5.11 Å². The van der Waals surface area contributed by atoms with Gasteiger partial charge in [0.05, 0.1) is 13.2 Å². The van der Waals surface area contributed by atoms with Crippen molar-refractivity contribution in [3.8, 4) is 5.75 Å². The predicted octanol–water partition coefficient (Wildman–Crippen LogP) is 3.52. The minimum atomic E-state index is -0.452. The Morgan fingerprint density at radius 2 is 1.80 bits per heavy atom. The van der Waals surface area contributed by atoms with Crippen molar-refractivity contribution in [1.82, 2.24) is 5.32 Å². The average Bonchev–Trinajstić information content (AvgIpc) is 2.41. The third-order valence-electron chi connectivity index (χ3n) is 3.68. The molecule has 0 saturated heterocycles. The van der Waals surface area contributed by atoms with Crippen LogP contribution in [-0.4, -0.2) is 25.3 Å². The van der Waals surface area contributed by atoms with E-state index in [1.54, 1.807) is 7.11 Å². The number of rotatable bonds is 9. The largest absolute Gasteiger partial charge is 0.497 e. The van der Waals surface area contributed by atoms with Crippen LogP contribution in [0.25, 0.3) is 0 Å². The topological polar surface area (TPSA) is 41.5 Å². The molecule has 0 heterocycles. The maximum atomic E-state index is 10.3. The fraction of sp³-hybridized carbons (Fsp3) is 0.647. The lowest BCUT2D eigenvalue weighted by atomic mass is 9.97. The van der Waals surface area contributed by atoms with Crippen LogP contribution in [0, 0.1) is 13.8 Å². The summed E-state index contributed by atoms with van der Waals surface area (Å²) in [4.78, 5) is 0. The van der Waals surface area contributed by atoms with Gasteiger partial charge in [0.1, 0.15) is 5.75 Å². The van der Waals surface area contributed by atoms with Gasteiger partial charge in [-0.2, -0.15) is 0 Å². The first-order valence-corrected chi connectivity index (χ1v) is 7.64. The molecule has 2 N–H and O–H groups in total. The van der Waals surface area contributed by atoms with Crippen LogP contribution in [0.15, 0.2) is 12.1 Å². The van der Waals surface area contributed by atoms with Crippen LogP contribution < -0.4 is 10.1 Å². The maximum Gasteiger partial charge on any atom is 0.119 e. The van der Waals surface area contributed by atoms with Crippen molar-refractivity contribution in [2.24, 2.45) is 0 Å². The highest BCUT2D eigenvalue weighted by molar-refractivity contribution is 5.42. The van der Waals surface area contributed by atoms with Crippen molar-refractivity contribution < 1.29 is 9.84 Å². The molecule has 0 aromatic heterocycles. The number of benzene rings is 1. The number of aliphatic hydroxyl groups is 1. The Bertz CT molecular complexity index is 381. The smallest absolute Gasteiger partial charge is 0.119 e. The lowest BCUT2D eigenvalue weighted by Crippen LogP contribution is -2.23. The molecule has 0 aliphatic carbocycles. The quantitative estimate of drug-likeness (QED) is 0.680. The summed E-state index contributed by atoms with van der Waals surface area (Å²) < 4.78 is 5.25. The zero-order valence-electron chi connectivity index (χ0n) is 13.3. The van der Waals surface area contributed by atoms with Gasteiger partial charge in [-0.1, -0.05) is 26.2 Å². The molecule has 0 fully saturated rings. The van der Waals surface area contributed by atoms with E-state index in [-0.39, 0.29) is 0 Å². The minimum absolute atomic E-state index is 0.452. The first-order chi connectivity index (χ1) is 9.60. The SMILES string of the molecule is CCCCCCNCC(O)c1c(C)cc(OC)cc1C. The molecule has 20 heavy (non-hydrogen) atoms. The second kappa shape index (κ2) is 8.98. The van der Waals surface area contributed by atoms with E-state index in [1.807, 2.05) is 26.0 Å². The highest BCUT2D eigenvalue weighted by atomic mass is 16.5. The van der Waals surface area contributed by atoms with Crippen molar-refractivity contribution >= 4 is 0 Å². The molecule has 0 amide bonds. The molecule has 1 aromatic rings. The number of ether oxygens (including phenoxy) is 1. The van der Waals surface area contributed by atoms with Gasteiger partial charge < -0.3 is 15.2 Å². The van der Waals surface area contributed by atoms with Crippen LogP contribution in [0.5, 0.6) is 5.75 Å². The van der Waals surface area contributed by atoms with Crippen LogP contribution in [0.1, 0.15) is 55.4 Å². The van der Waals surface area contributed by atoms with E-state index in [0.29, 0.717) is 6.54 Å². The van der Waals surface area contributed by atoms with Crippen molar-refractivity contribution in [3.63, 3.8) is 0 Å². The normalized spacial score (nSPS) is 12.4. The third-order valence-corrected chi connectivity index (χ3v) is 3.68. The first kappa shape index (κ1) is 17.0. The summed E-state index contributed by atoms with van der Waals surface area (Å²) in [6.07, 6.45) is 4.54. The van der Waals surface area contributed by atoms with Crippen molar-refractivity contribution in [2.75, 3.05) is 20.2 Å². The van der Waals surface area contributed by atoms with Gasteiger partial charge in [0.15, 0.2) is 0 Å². The molecule has 0 saturated carbocycles. The molecule has 3 heteroatoms. The summed E-state index contributed by atoms with van der Waals surface area (Å²) in [6, 6.07) is 3.96. The maximum absolute atomic E-state index is 10.3. The minimum Gasteiger partial charge on any atom is -0.497 e. The van der Waals surface area contributed by atoms with E-state index >= 15 is 0 Å². The summed E-state index contributed by atoms with van der Waals surface area (Å²) in [5.74, 6) is 0.850. The van der Waals surface area contributed by atoms with Crippen LogP contribution in [0.4, 0.5) is 0 Å². The number of hydrogen-bond acceptors (Lipinski definition) is 3. The first-order valence-electron chi connectivity index (χ1n) is 7.64. The molecule has 1 unspecified atom stereocenters. The van der Waals surface area contributed by atoms with Gasteiger partial charge in [-0.3, -0.25) is 0 Å². The summed E-state index contributed by atoms with van der Waals surface area (Å²) in [5, 5.41) is 13.7. The number of nitrogens with one attached hydrogen (secondary N) is 1. The Labute approximate surface area is 123 Å². The highest BCUT2D eigenvalue weighted by Crippen LogP contribution is 2.26. The second-order valence-electron chi connectivity index (χ2n) is 5.46. The van der Waals surface area contributed by atoms with E-state index in [0.717, 1.165) is 29.0 Å². The van der Waals surface area contributed by atoms with Crippen LogP contribution in [0.3, 0.4) is 0 Å². The lowest BCUT2D eigenvalue weighted by molar-refractivity contribution is 0.173. The second-order valence-corrected chi connectivity index (χ2v) is 5.46. The predicted molar refractivity (Wildman–Crippen MR) is 84.4 cm³/mol. The van der Waals surface area contributed by atoms with Crippen molar-refractivity contribution in [1.29, 1.82) is 0 Å². The van der Waals surface area contributed by atoms with Crippen LogP contribution in [0.2, 0.25) is 0 Å². The van der Waals surface area contributed by atoms with Gasteiger partial charge >= 0.3 is 0 Å². The van der Waals surface area contributed by atoms with Gasteiger partial charge in [0.2, 0.25) is 0 Å². The summed E-state index contributed by atoms with van der Waals surface area (Å²) in [5.41, 5.74) is 3.19. The molecule has 3 nitrogen and oxygen atoms in total. The summed E-state index contributed by atoms with van der Waals surface area (Å²) >= 11 is 0. The molecule has 0 bridgehead atoms. The number of hydrogen-bond donors (Lipinski definition) is 2. The number of unbranched alkanes of at least 4 members (excludes halogenated alkanes) is 3. The van der Waals surface area contributed by atoms with Gasteiger partial charge in [-0.25, -0.2) is 0 Å². The molecular formula is C17H29NO2. The summed E-state index contributed by atoms with van der Waals surface area (Å²) in [7, 11) is 1.67. The van der Waals surface area contributed by atoms with E-state index in [4.69, 9.17) is 4.74 Å². The molecular weight excluding hydrogens is 250 g/mol. The molecule has 1 aromatic carbocycles. The Morgan fingerprint density at radius 3 is 2.35 bits per heavy atom. The molecule has 114 valence electrons. The molecule has 1 atom stereocenters. The monoisotopic (exact) mass is 279 g/mol. The Kier molecular flexibility index (Phi) is 7.63. The summed E-state index contributed by atoms with van der Waals surface area (Å²) in [6.45, 7) is 7.85. The van der Waals surface area contributed by atoms with Gasteiger partial charge in [0.25, 0.3) is 0 Å². The molecule has 0 radical (unpaired) electrons. The molecule has 1 rings (SSSR count). The zero-order valence-corrected chi connectivity index (χ0v) is 13.3. The number of methoxy groups -OCH3 is 1. The fourth-order valence-corrected chi connectivity index (χ4v) is 2.60. The van der Waals surface area contributed by atoms with E-state index < -0.39 is 6.10 Å². The van der Waals surface area contributed by atoms with Gasteiger partial charge in [0, 0.05) is 6.54 Å². The average molecular weight is 279 g/mol. The van der Waals surface area contributed by atoms with Crippen molar-refractivity contribution in [2.45, 2.75) is 52.6 Å². The standard InChI is InChI=1S/C17H29NO2/c1-5-6-7-8-9-18-12-16(19)17-13(2)10-15(20-4)11-14(17)3/h10-11,16,18-19H,5-9,12H2,1-4H3. The fourth-order valence-electron chi connectivity index (χ4n) is 2.60. The molecule has 0 aliphatic heterocycles. The Morgan fingerprint density at radius 1 is 1.15 bits per heavy atom. The van der Waals surface area contributed by atoms with Crippen molar-refractivity contribution in [3.05, 3.63) is 28.8 Å². The van der Waals surface area contributed by atoms with E-state index in [1.165, 1.54) is 25.7 Å². The third kappa shape index (κ3) is 5.14. The number of aliphatic hydroxyl groups excluding tert-OH is 1. The van der Waals surface area contributed by atoms with Gasteiger partial charge in [-0.15, -0.1) is 0 Å². The molecule has 0 aliphatic rings. The van der Waals surface area contributed by atoms with Gasteiger partial charge in [-0.05, 0) is 55.6 Å². The highest BCUT2D eigenvalue weighted by Gasteiger charge is 2.14. The van der Waals surface area contributed by atoms with E-state index in [2.05, 4.69) is 12.2 Å². The van der Waals surface area contributed by atoms with Crippen LogP contribution in [-0.2, 0) is 0 Å². The Hall–Kier alpha value is -1.06. The lowest BCUT2D eigenvalue weighted by Gasteiger charge is -2.18. The molecule has 0 spiro atoms. The van der Waals surface area contributed by atoms with Crippen LogP contribution >= 0.6 is 0 Å².